The maximum atomic E-state index is 12.8. The molecule has 0 aliphatic carbocycles. The maximum Gasteiger partial charge on any atom is 0.251 e. The van der Waals surface area contributed by atoms with E-state index in [4.69, 9.17) is 0 Å². The molecule has 0 saturated carbocycles. The van der Waals surface area contributed by atoms with Crippen LogP contribution < -0.4 is 10.6 Å². The van der Waals surface area contributed by atoms with Gasteiger partial charge in [-0.3, -0.25) is 14.5 Å². The van der Waals surface area contributed by atoms with Crippen molar-refractivity contribution in [2.75, 3.05) is 52.9 Å². The van der Waals surface area contributed by atoms with E-state index in [1.165, 1.54) is 29.8 Å². The van der Waals surface area contributed by atoms with Gasteiger partial charge in [0.15, 0.2) is 0 Å². The average Bonchev–Trinajstić information content (AvgIpc) is 2.84. The Labute approximate surface area is 200 Å². The number of benzene rings is 2. The highest BCUT2D eigenvalue weighted by molar-refractivity contribution is 7.89. The fraction of sp³-hybridized carbons (Fsp3) is 0.417. The number of likely N-dealkylation sites (N-methyl/N-ethyl adjacent to an activating group) is 1. The molecule has 0 atom stereocenters. The number of hydrogen-bond acceptors (Lipinski definition) is 6. The molecule has 2 fully saturated rings. The van der Waals surface area contributed by atoms with Crippen LogP contribution in [0.25, 0.3) is 0 Å². The van der Waals surface area contributed by atoms with E-state index in [1.54, 1.807) is 0 Å². The quantitative estimate of drug-likeness (QED) is 0.592. The standard InChI is InChI=1S/C24H31N5O4S/c1-27-11-13-28(14-12-27)17-20-4-2-3-19(15-20)16-26-24(31)21-5-7-22(8-6-21)34(32,33)29-10-9-25-23(30)18-29/h2-8,15H,9-14,16-18H2,1H3,(H,25,30)(H,26,31). The Bertz CT molecular complexity index is 1130. The molecule has 2 N–H and O–H groups in total. The Kier molecular flexibility index (Phi) is 7.62. The molecule has 2 aromatic carbocycles. The molecule has 2 aliphatic heterocycles. The minimum Gasteiger partial charge on any atom is -0.354 e. The lowest BCUT2D eigenvalue weighted by Gasteiger charge is -2.32. The monoisotopic (exact) mass is 485 g/mol. The molecule has 34 heavy (non-hydrogen) atoms. The first-order valence-corrected chi connectivity index (χ1v) is 12.9. The van der Waals surface area contributed by atoms with E-state index in [2.05, 4.69) is 39.6 Å². The summed E-state index contributed by atoms with van der Waals surface area (Å²) in [6, 6.07) is 14.0. The lowest BCUT2D eigenvalue weighted by molar-refractivity contribution is -0.122. The number of rotatable bonds is 7. The summed E-state index contributed by atoms with van der Waals surface area (Å²) in [5.74, 6) is -0.593. The topological polar surface area (TPSA) is 102 Å². The van der Waals surface area contributed by atoms with E-state index in [0.29, 0.717) is 12.1 Å². The van der Waals surface area contributed by atoms with Crippen LogP contribution in [0.15, 0.2) is 53.4 Å². The van der Waals surface area contributed by atoms with Crippen molar-refractivity contribution in [3.8, 4) is 0 Å². The molecule has 2 aromatic rings. The van der Waals surface area contributed by atoms with Crippen LogP contribution in [0.3, 0.4) is 0 Å². The predicted octanol–water partition coefficient (Wildman–Crippen LogP) is 0.485. The molecule has 2 aliphatic rings. The highest BCUT2D eigenvalue weighted by Gasteiger charge is 2.29. The molecule has 0 aromatic heterocycles. The van der Waals surface area contributed by atoms with Gasteiger partial charge in [-0.05, 0) is 42.4 Å². The Balaban J connectivity index is 1.33. The predicted molar refractivity (Wildman–Crippen MR) is 129 cm³/mol. The highest BCUT2D eigenvalue weighted by Crippen LogP contribution is 2.17. The number of hydrogen-bond donors (Lipinski definition) is 2. The maximum absolute atomic E-state index is 12.8. The minimum atomic E-state index is -3.78. The van der Waals surface area contributed by atoms with Gasteiger partial charge >= 0.3 is 0 Å². The van der Waals surface area contributed by atoms with Crippen LogP contribution in [0, 0.1) is 0 Å². The van der Waals surface area contributed by atoms with Crippen LogP contribution in [0.1, 0.15) is 21.5 Å². The van der Waals surface area contributed by atoms with E-state index < -0.39 is 10.0 Å². The summed E-state index contributed by atoms with van der Waals surface area (Å²) in [5, 5.41) is 5.52. The van der Waals surface area contributed by atoms with Gasteiger partial charge in [0.05, 0.1) is 11.4 Å². The zero-order valence-corrected chi connectivity index (χ0v) is 20.2. The van der Waals surface area contributed by atoms with Gasteiger partial charge in [-0.15, -0.1) is 0 Å². The van der Waals surface area contributed by atoms with E-state index in [0.717, 1.165) is 42.6 Å². The molecule has 2 amide bonds. The van der Waals surface area contributed by atoms with Crippen molar-refractivity contribution >= 4 is 21.8 Å². The van der Waals surface area contributed by atoms with Gasteiger partial charge in [0, 0.05) is 57.9 Å². The second-order valence-corrected chi connectivity index (χ2v) is 10.7. The van der Waals surface area contributed by atoms with Crippen LogP contribution in [-0.2, 0) is 27.9 Å². The molecule has 0 bridgehead atoms. The molecule has 2 saturated heterocycles. The molecule has 9 nitrogen and oxygen atoms in total. The minimum absolute atomic E-state index is 0.0651. The second-order valence-electron chi connectivity index (χ2n) is 8.79. The van der Waals surface area contributed by atoms with Gasteiger partial charge < -0.3 is 15.5 Å². The first kappa shape index (κ1) is 24.3. The molecular formula is C24H31N5O4S. The Morgan fingerprint density at radius 3 is 2.41 bits per heavy atom. The van der Waals surface area contributed by atoms with Gasteiger partial charge in [-0.2, -0.15) is 4.31 Å². The van der Waals surface area contributed by atoms with Crippen LogP contribution in [0.4, 0.5) is 0 Å². The number of sulfonamides is 1. The van der Waals surface area contributed by atoms with E-state index in [-0.39, 0.29) is 36.3 Å². The van der Waals surface area contributed by atoms with Crippen molar-refractivity contribution in [3.05, 3.63) is 65.2 Å². The summed E-state index contributed by atoms with van der Waals surface area (Å²) in [7, 11) is -1.64. The molecule has 0 unspecified atom stereocenters. The van der Waals surface area contributed by atoms with Crippen molar-refractivity contribution < 1.29 is 18.0 Å². The van der Waals surface area contributed by atoms with Crippen LogP contribution >= 0.6 is 0 Å². The normalized spacial score (nSPS) is 18.4. The number of carbonyl (C=O) groups excluding carboxylic acids is 2. The van der Waals surface area contributed by atoms with Crippen molar-refractivity contribution in [2.45, 2.75) is 18.0 Å². The Hall–Kier alpha value is -2.79. The third-order valence-corrected chi connectivity index (χ3v) is 8.06. The Morgan fingerprint density at radius 2 is 1.71 bits per heavy atom. The molecule has 0 radical (unpaired) electrons. The molecule has 10 heteroatoms. The lowest BCUT2D eigenvalue weighted by Crippen LogP contribution is -2.49. The van der Waals surface area contributed by atoms with E-state index >= 15 is 0 Å². The van der Waals surface area contributed by atoms with Gasteiger partial charge in [0.2, 0.25) is 15.9 Å². The summed E-state index contributed by atoms with van der Waals surface area (Å²) in [5.41, 5.74) is 2.61. The summed E-state index contributed by atoms with van der Waals surface area (Å²) < 4.78 is 26.7. The average molecular weight is 486 g/mol. The van der Waals surface area contributed by atoms with Gasteiger partial charge in [0.25, 0.3) is 5.91 Å². The van der Waals surface area contributed by atoms with Crippen LogP contribution in [0.2, 0.25) is 0 Å². The number of piperazine rings is 2. The van der Waals surface area contributed by atoms with Crippen molar-refractivity contribution in [1.82, 2.24) is 24.7 Å². The number of nitrogens with one attached hydrogen (secondary N) is 2. The number of carbonyl (C=O) groups is 2. The van der Waals surface area contributed by atoms with Crippen LogP contribution in [0.5, 0.6) is 0 Å². The second kappa shape index (κ2) is 10.6. The summed E-state index contributed by atoms with van der Waals surface area (Å²) >= 11 is 0. The fourth-order valence-electron chi connectivity index (χ4n) is 4.13. The van der Waals surface area contributed by atoms with E-state index in [9.17, 15) is 18.0 Å². The van der Waals surface area contributed by atoms with Crippen molar-refractivity contribution in [2.24, 2.45) is 0 Å². The van der Waals surface area contributed by atoms with Crippen LogP contribution in [-0.4, -0.2) is 87.2 Å². The third-order valence-electron chi connectivity index (χ3n) is 6.20. The number of nitrogens with zero attached hydrogens (tertiary/aromatic N) is 3. The van der Waals surface area contributed by atoms with Gasteiger partial charge in [-0.25, -0.2) is 8.42 Å². The van der Waals surface area contributed by atoms with Crippen molar-refractivity contribution in [3.63, 3.8) is 0 Å². The molecular weight excluding hydrogens is 454 g/mol. The first-order chi connectivity index (χ1) is 16.3. The first-order valence-electron chi connectivity index (χ1n) is 11.4. The van der Waals surface area contributed by atoms with Gasteiger partial charge in [-0.1, -0.05) is 24.3 Å². The number of amides is 2. The summed E-state index contributed by atoms with van der Waals surface area (Å²) in [6.45, 7) is 5.84. The third kappa shape index (κ3) is 6.01. The fourth-order valence-corrected chi connectivity index (χ4v) is 5.53. The lowest BCUT2D eigenvalue weighted by atomic mass is 10.1. The molecule has 4 rings (SSSR count). The molecule has 182 valence electrons. The summed E-state index contributed by atoms with van der Waals surface area (Å²) in [4.78, 5) is 29.0. The highest BCUT2D eigenvalue weighted by atomic mass is 32.2. The van der Waals surface area contributed by atoms with Crippen molar-refractivity contribution in [1.29, 1.82) is 0 Å². The molecule has 2 heterocycles. The Morgan fingerprint density at radius 1 is 1.00 bits per heavy atom. The van der Waals surface area contributed by atoms with Gasteiger partial charge in [0.1, 0.15) is 0 Å². The molecule has 0 spiro atoms. The largest absolute Gasteiger partial charge is 0.354 e. The SMILES string of the molecule is CN1CCN(Cc2cccc(CNC(=O)c3ccc(S(=O)(=O)N4CCNC(=O)C4)cc3)c2)CC1. The summed E-state index contributed by atoms with van der Waals surface area (Å²) in [6.07, 6.45) is 0. The van der Waals surface area contributed by atoms with E-state index in [1.807, 2.05) is 12.1 Å². The zero-order chi connectivity index (χ0) is 24.1. The smallest absolute Gasteiger partial charge is 0.251 e. The zero-order valence-electron chi connectivity index (χ0n) is 19.4.